The highest BCUT2D eigenvalue weighted by Gasteiger charge is 2.27. The summed E-state index contributed by atoms with van der Waals surface area (Å²) in [5.41, 5.74) is -0.237. The lowest BCUT2D eigenvalue weighted by Crippen LogP contribution is -2.43. The number of amides is 1. The Bertz CT molecular complexity index is 1040. The molecular formula is C20H26FN3O6S. The maximum atomic E-state index is 14.1. The van der Waals surface area contributed by atoms with E-state index < -0.39 is 21.3 Å². The standard InChI is InChI=1S/C20H26FN3O6S/c1-20(2,3)29-19(25)24-9-7-14(8-10-24)28-12-17-22-18(23-30-17)13-5-6-16(15(21)11-13)31(4,26)27/h5-6,11,14H,7-10,12H2,1-4H3. The normalized spacial score (nSPS) is 15.8. The number of hydrogen-bond acceptors (Lipinski definition) is 8. The summed E-state index contributed by atoms with van der Waals surface area (Å²) >= 11 is 0. The number of likely N-dealkylation sites (tertiary alicyclic amines) is 1. The Hall–Kier alpha value is -2.53. The van der Waals surface area contributed by atoms with Gasteiger partial charge in [0.1, 0.15) is 22.9 Å². The Morgan fingerprint density at radius 1 is 1.29 bits per heavy atom. The highest BCUT2D eigenvalue weighted by Crippen LogP contribution is 2.23. The zero-order valence-electron chi connectivity index (χ0n) is 17.9. The van der Waals surface area contributed by atoms with Gasteiger partial charge >= 0.3 is 6.09 Å². The Morgan fingerprint density at radius 3 is 2.55 bits per heavy atom. The molecule has 1 aromatic heterocycles. The molecule has 9 nitrogen and oxygen atoms in total. The quantitative estimate of drug-likeness (QED) is 0.676. The van der Waals surface area contributed by atoms with Gasteiger partial charge in [0.15, 0.2) is 9.84 Å². The van der Waals surface area contributed by atoms with E-state index in [4.69, 9.17) is 14.0 Å². The molecule has 0 bridgehead atoms. The van der Waals surface area contributed by atoms with E-state index in [2.05, 4.69) is 10.1 Å². The maximum absolute atomic E-state index is 14.1. The third-order valence-electron chi connectivity index (χ3n) is 4.59. The van der Waals surface area contributed by atoms with E-state index in [1.54, 1.807) is 4.90 Å². The Balaban J connectivity index is 1.53. The van der Waals surface area contributed by atoms with Gasteiger partial charge in [0.25, 0.3) is 5.89 Å². The number of rotatable bonds is 5. The summed E-state index contributed by atoms with van der Waals surface area (Å²) in [5, 5.41) is 3.80. The molecule has 0 unspecified atom stereocenters. The van der Waals surface area contributed by atoms with Crippen molar-refractivity contribution in [3.05, 3.63) is 29.9 Å². The summed E-state index contributed by atoms with van der Waals surface area (Å²) in [6, 6.07) is 3.64. The van der Waals surface area contributed by atoms with Crippen LogP contribution < -0.4 is 0 Å². The van der Waals surface area contributed by atoms with Crippen LogP contribution in [0.2, 0.25) is 0 Å². The lowest BCUT2D eigenvalue weighted by atomic mass is 10.1. The topological polar surface area (TPSA) is 112 Å². The van der Waals surface area contributed by atoms with Crippen LogP contribution in [0.15, 0.2) is 27.6 Å². The SMILES string of the molecule is CC(C)(C)OC(=O)N1CCC(OCc2nc(-c3ccc(S(C)(=O)=O)c(F)c3)no2)CC1. The number of piperidine rings is 1. The number of benzene rings is 1. The van der Waals surface area contributed by atoms with E-state index in [1.165, 1.54) is 12.1 Å². The molecule has 1 saturated heterocycles. The summed E-state index contributed by atoms with van der Waals surface area (Å²) in [7, 11) is -3.66. The second kappa shape index (κ2) is 8.91. The highest BCUT2D eigenvalue weighted by atomic mass is 32.2. The van der Waals surface area contributed by atoms with Crippen LogP contribution in [-0.4, -0.2) is 60.6 Å². The van der Waals surface area contributed by atoms with Crippen molar-refractivity contribution >= 4 is 15.9 Å². The van der Waals surface area contributed by atoms with Gasteiger partial charge in [0.2, 0.25) is 5.82 Å². The third-order valence-corrected chi connectivity index (χ3v) is 5.72. The molecule has 0 saturated carbocycles. The second-order valence-corrected chi connectivity index (χ2v) is 10.4. The van der Waals surface area contributed by atoms with E-state index in [9.17, 15) is 17.6 Å². The Morgan fingerprint density at radius 2 is 1.97 bits per heavy atom. The van der Waals surface area contributed by atoms with Crippen LogP contribution in [0.4, 0.5) is 9.18 Å². The fourth-order valence-corrected chi connectivity index (χ4v) is 3.82. The summed E-state index contributed by atoms with van der Waals surface area (Å²) < 4.78 is 53.5. The van der Waals surface area contributed by atoms with Gasteiger partial charge in [-0.25, -0.2) is 17.6 Å². The molecule has 0 radical (unpaired) electrons. The zero-order valence-corrected chi connectivity index (χ0v) is 18.7. The minimum Gasteiger partial charge on any atom is -0.444 e. The molecule has 1 aliphatic heterocycles. The molecule has 31 heavy (non-hydrogen) atoms. The van der Waals surface area contributed by atoms with E-state index >= 15 is 0 Å². The number of hydrogen-bond donors (Lipinski definition) is 0. The molecule has 2 heterocycles. The highest BCUT2D eigenvalue weighted by molar-refractivity contribution is 7.90. The van der Waals surface area contributed by atoms with Crippen molar-refractivity contribution in [2.75, 3.05) is 19.3 Å². The Kier molecular flexibility index (Phi) is 6.65. The van der Waals surface area contributed by atoms with Gasteiger partial charge in [0.05, 0.1) is 6.10 Å². The fraction of sp³-hybridized carbons (Fsp3) is 0.550. The fourth-order valence-electron chi connectivity index (χ4n) is 3.09. The van der Waals surface area contributed by atoms with Crippen LogP contribution in [-0.2, 0) is 25.9 Å². The van der Waals surface area contributed by atoms with Crippen molar-refractivity contribution in [2.45, 2.75) is 56.8 Å². The molecule has 1 fully saturated rings. The second-order valence-electron chi connectivity index (χ2n) is 8.41. The average Bonchev–Trinajstić information content (AvgIpc) is 3.13. The number of sulfone groups is 1. The smallest absolute Gasteiger partial charge is 0.410 e. The van der Waals surface area contributed by atoms with Gasteiger partial charge < -0.3 is 18.9 Å². The molecule has 0 spiro atoms. The average molecular weight is 456 g/mol. The summed E-state index contributed by atoms with van der Waals surface area (Å²) in [6.45, 7) is 6.62. The number of carbonyl (C=O) groups excluding carboxylic acids is 1. The number of aromatic nitrogens is 2. The molecule has 0 N–H and O–H groups in total. The van der Waals surface area contributed by atoms with Gasteiger partial charge in [-0.05, 0) is 51.8 Å². The first-order valence-electron chi connectivity index (χ1n) is 9.84. The molecule has 2 aromatic rings. The van der Waals surface area contributed by atoms with E-state index in [1.807, 2.05) is 20.8 Å². The first-order valence-corrected chi connectivity index (χ1v) is 11.7. The van der Waals surface area contributed by atoms with E-state index in [0.29, 0.717) is 31.5 Å². The molecule has 11 heteroatoms. The molecule has 0 aliphatic carbocycles. The van der Waals surface area contributed by atoms with Crippen molar-refractivity contribution in [3.63, 3.8) is 0 Å². The van der Waals surface area contributed by atoms with Crippen LogP contribution in [0.1, 0.15) is 39.5 Å². The predicted octanol–water partition coefficient (Wildman–Crippen LogP) is 3.20. The summed E-state index contributed by atoms with van der Waals surface area (Å²) in [5.74, 6) is -0.520. The number of ether oxygens (including phenoxy) is 2. The number of carbonyl (C=O) groups is 1. The van der Waals surface area contributed by atoms with Crippen LogP contribution in [0.25, 0.3) is 11.4 Å². The van der Waals surface area contributed by atoms with Gasteiger partial charge in [-0.3, -0.25) is 0 Å². The first-order chi connectivity index (χ1) is 14.4. The van der Waals surface area contributed by atoms with Crippen LogP contribution >= 0.6 is 0 Å². The Labute approximate surface area is 180 Å². The van der Waals surface area contributed by atoms with Crippen molar-refractivity contribution in [2.24, 2.45) is 0 Å². The van der Waals surface area contributed by atoms with Crippen molar-refractivity contribution in [3.8, 4) is 11.4 Å². The molecule has 3 rings (SSSR count). The van der Waals surface area contributed by atoms with Crippen molar-refractivity contribution < 1.29 is 31.6 Å². The monoisotopic (exact) mass is 455 g/mol. The third kappa shape index (κ3) is 6.23. The van der Waals surface area contributed by atoms with Crippen molar-refractivity contribution in [1.29, 1.82) is 0 Å². The number of nitrogens with zero attached hydrogens (tertiary/aromatic N) is 3. The van der Waals surface area contributed by atoms with Crippen LogP contribution in [0.3, 0.4) is 0 Å². The maximum Gasteiger partial charge on any atom is 0.410 e. The molecule has 0 atom stereocenters. The molecule has 1 amide bonds. The predicted molar refractivity (Wildman–Crippen MR) is 108 cm³/mol. The van der Waals surface area contributed by atoms with E-state index in [-0.39, 0.29) is 35.4 Å². The molecular weight excluding hydrogens is 429 g/mol. The van der Waals surface area contributed by atoms with Crippen LogP contribution in [0.5, 0.6) is 0 Å². The van der Waals surface area contributed by atoms with Crippen molar-refractivity contribution in [1.82, 2.24) is 15.0 Å². The molecule has 1 aliphatic rings. The molecule has 170 valence electrons. The largest absolute Gasteiger partial charge is 0.444 e. The van der Waals surface area contributed by atoms with Gasteiger partial charge in [0, 0.05) is 24.9 Å². The summed E-state index contributed by atoms with van der Waals surface area (Å²) in [4.78, 5) is 17.6. The minimum atomic E-state index is -3.66. The lowest BCUT2D eigenvalue weighted by molar-refractivity contribution is -0.0231. The van der Waals surface area contributed by atoms with Gasteiger partial charge in [-0.15, -0.1) is 0 Å². The lowest BCUT2D eigenvalue weighted by Gasteiger charge is -2.33. The zero-order chi connectivity index (χ0) is 22.8. The number of halogens is 1. The molecule has 1 aromatic carbocycles. The minimum absolute atomic E-state index is 0.0690. The summed E-state index contributed by atoms with van der Waals surface area (Å²) in [6.07, 6.45) is 1.84. The van der Waals surface area contributed by atoms with Gasteiger partial charge in [-0.1, -0.05) is 5.16 Å². The van der Waals surface area contributed by atoms with Gasteiger partial charge in [-0.2, -0.15) is 4.98 Å². The first kappa shape index (κ1) is 23.1. The van der Waals surface area contributed by atoms with E-state index in [0.717, 1.165) is 12.3 Å². The van der Waals surface area contributed by atoms with Crippen LogP contribution in [0, 0.1) is 5.82 Å².